The van der Waals surface area contributed by atoms with E-state index < -0.39 is 0 Å². The molecule has 0 unspecified atom stereocenters. The minimum atomic E-state index is 0.0122. The lowest BCUT2D eigenvalue weighted by Gasteiger charge is -2.33. The van der Waals surface area contributed by atoms with Gasteiger partial charge in [-0.25, -0.2) is 4.98 Å². The number of aryl methyl sites for hydroxylation is 1. The first-order chi connectivity index (χ1) is 13.5. The van der Waals surface area contributed by atoms with Crippen molar-refractivity contribution >= 4 is 11.7 Å². The van der Waals surface area contributed by atoms with Crippen LogP contribution in [-0.4, -0.2) is 64.8 Å². The van der Waals surface area contributed by atoms with E-state index in [9.17, 15) is 9.59 Å². The predicted octanol–water partition coefficient (Wildman–Crippen LogP) is 3.06. The number of Topliss-reactive ketones (excluding diaryl/α,β-unsaturated/α-hetero) is 1. The van der Waals surface area contributed by atoms with Crippen molar-refractivity contribution in [2.75, 3.05) is 33.7 Å². The molecule has 6 heteroatoms. The summed E-state index contributed by atoms with van der Waals surface area (Å²) in [5.41, 5.74) is 1.27. The van der Waals surface area contributed by atoms with Crippen molar-refractivity contribution in [3.8, 4) is 0 Å². The fourth-order valence-electron chi connectivity index (χ4n) is 3.83. The Balaban J connectivity index is 1.66. The molecule has 2 heterocycles. The molecule has 1 saturated heterocycles. The molecule has 1 aliphatic heterocycles. The molecule has 1 aliphatic rings. The largest absolute Gasteiger partial charge is 0.338 e. The first-order valence-corrected chi connectivity index (χ1v) is 10.0. The summed E-state index contributed by atoms with van der Waals surface area (Å²) in [6, 6.07) is 6.97. The molecule has 1 aromatic carbocycles. The minimum absolute atomic E-state index is 0.0122. The van der Waals surface area contributed by atoms with Crippen molar-refractivity contribution in [1.82, 2.24) is 19.4 Å². The Morgan fingerprint density at radius 3 is 2.57 bits per heavy atom. The van der Waals surface area contributed by atoms with Gasteiger partial charge in [-0.05, 0) is 59.0 Å². The second kappa shape index (κ2) is 9.15. The van der Waals surface area contributed by atoms with Crippen LogP contribution in [0.4, 0.5) is 0 Å². The van der Waals surface area contributed by atoms with Crippen molar-refractivity contribution in [3.05, 3.63) is 53.6 Å². The van der Waals surface area contributed by atoms with E-state index in [1.165, 1.54) is 6.92 Å². The highest BCUT2D eigenvalue weighted by Crippen LogP contribution is 2.27. The third-order valence-corrected chi connectivity index (χ3v) is 5.36. The minimum Gasteiger partial charge on any atom is -0.338 e. The highest BCUT2D eigenvalue weighted by molar-refractivity contribution is 5.97. The van der Waals surface area contributed by atoms with Crippen molar-refractivity contribution in [2.45, 2.75) is 38.6 Å². The van der Waals surface area contributed by atoms with Crippen LogP contribution in [0.15, 0.2) is 36.7 Å². The van der Waals surface area contributed by atoms with E-state index in [2.05, 4.69) is 28.5 Å². The molecule has 1 atom stereocenters. The molecule has 1 aromatic heterocycles. The molecule has 1 amide bonds. The zero-order valence-electron chi connectivity index (χ0n) is 17.1. The number of nitrogens with zero attached hydrogens (tertiary/aromatic N) is 4. The van der Waals surface area contributed by atoms with Gasteiger partial charge in [-0.2, -0.15) is 0 Å². The van der Waals surface area contributed by atoms with E-state index in [1.54, 1.807) is 24.3 Å². The number of carbonyl (C=O) groups is 2. The molecule has 0 bridgehead atoms. The van der Waals surface area contributed by atoms with Gasteiger partial charge < -0.3 is 14.4 Å². The van der Waals surface area contributed by atoms with Gasteiger partial charge in [0.1, 0.15) is 5.82 Å². The van der Waals surface area contributed by atoms with Crippen molar-refractivity contribution in [1.29, 1.82) is 0 Å². The Kier molecular flexibility index (Phi) is 6.62. The summed E-state index contributed by atoms with van der Waals surface area (Å²) in [6.45, 7) is 4.99. The monoisotopic (exact) mass is 382 g/mol. The maximum atomic E-state index is 12.9. The summed E-state index contributed by atoms with van der Waals surface area (Å²) in [4.78, 5) is 33.1. The van der Waals surface area contributed by atoms with Crippen molar-refractivity contribution < 1.29 is 9.59 Å². The third-order valence-electron chi connectivity index (χ3n) is 5.36. The number of benzene rings is 1. The number of imidazole rings is 1. The number of amides is 1. The van der Waals surface area contributed by atoms with E-state index in [0.717, 1.165) is 44.7 Å². The molecular weight excluding hydrogens is 352 g/mol. The highest BCUT2D eigenvalue weighted by Gasteiger charge is 2.28. The Morgan fingerprint density at radius 1 is 1.18 bits per heavy atom. The normalized spacial score (nSPS) is 17.1. The van der Waals surface area contributed by atoms with Gasteiger partial charge in [-0.15, -0.1) is 0 Å². The molecular formula is C22H30N4O2. The number of hydrogen-bond donors (Lipinski definition) is 0. The van der Waals surface area contributed by atoms with Crippen LogP contribution in [0.2, 0.25) is 0 Å². The fourth-order valence-corrected chi connectivity index (χ4v) is 3.83. The quantitative estimate of drug-likeness (QED) is 0.691. The van der Waals surface area contributed by atoms with Gasteiger partial charge in [-0.3, -0.25) is 9.59 Å². The van der Waals surface area contributed by atoms with Crippen molar-refractivity contribution in [2.24, 2.45) is 0 Å². The number of carbonyl (C=O) groups excluding carboxylic acids is 2. The van der Waals surface area contributed by atoms with Gasteiger partial charge in [0.15, 0.2) is 5.78 Å². The zero-order valence-corrected chi connectivity index (χ0v) is 17.1. The van der Waals surface area contributed by atoms with E-state index in [0.29, 0.717) is 17.7 Å². The average molecular weight is 383 g/mol. The van der Waals surface area contributed by atoms with E-state index in [4.69, 9.17) is 0 Å². The molecule has 28 heavy (non-hydrogen) atoms. The average Bonchev–Trinajstić information content (AvgIpc) is 3.16. The second-order valence-corrected chi connectivity index (χ2v) is 7.86. The standard InChI is InChI=1S/C22H30N4O2/c1-17(27)18-7-9-19(10-8-18)22(28)26-13-4-6-20(16-26)21-23-11-15-25(21)14-5-12-24(2)3/h7-11,15,20H,4-6,12-14,16H2,1-3H3/t20-/m1/s1. The maximum Gasteiger partial charge on any atom is 0.253 e. The Morgan fingerprint density at radius 2 is 1.89 bits per heavy atom. The lowest BCUT2D eigenvalue weighted by molar-refractivity contribution is 0.0703. The summed E-state index contributed by atoms with van der Waals surface area (Å²) in [5, 5.41) is 0. The first kappa shape index (κ1) is 20.3. The van der Waals surface area contributed by atoms with Gasteiger partial charge in [0.25, 0.3) is 5.91 Å². The molecule has 0 radical (unpaired) electrons. The SMILES string of the molecule is CC(=O)c1ccc(C(=O)N2CCC[C@@H](c3nccn3CCCN(C)C)C2)cc1. The predicted molar refractivity (Wildman–Crippen MR) is 110 cm³/mol. The third kappa shape index (κ3) is 4.87. The van der Waals surface area contributed by atoms with E-state index >= 15 is 0 Å². The van der Waals surface area contributed by atoms with Gasteiger partial charge in [-0.1, -0.05) is 12.1 Å². The zero-order chi connectivity index (χ0) is 20.1. The van der Waals surface area contributed by atoms with Gasteiger partial charge in [0.05, 0.1) is 0 Å². The molecule has 6 nitrogen and oxygen atoms in total. The van der Waals surface area contributed by atoms with Crippen molar-refractivity contribution in [3.63, 3.8) is 0 Å². The lowest BCUT2D eigenvalue weighted by Crippen LogP contribution is -2.39. The Labute approximate surface area is 167 Å². The highest BCUT2D eigenvalue weighted by atomic mass is 16.2. The maximum absolute atomic E-state index is 12.9. The number of likely N-dealkylation sites (tertiary alicyclic amines) is 1. The second-order valence-electron chi connectivity index (χ2n) is 7.86. The number of rotatable bonds is 7. The van der Waals surface area contributed by atoms with Gasteiger partial charge >= 0.3 is 0 Å². The van der Waals surface area contributed by atoms with Crippen LogP contribution < -0.4 is 0 Å². The van der Waals surface area contributed by atoms with Gasteiger partial charge in [0.2, 0.25) is 0 Å². The Bertz CT molecular complexity index is 810. The van der Waals surface area contributed by atoms with Crippen LogP contribution in [-0.2, 0) is 6.54 Å². The Hall–Kier alpha value is -2.47. The molecule has 0 saturated carbocycles. The van der Waals surface area contributed by atoms with Crippen LogP contribution in [0, 0.1) is 0 Å². The summed E-state index contributed by atoms with van der Waals surface area (Å²) in [7, 11) is 4.17. The molecule has 2 aromatic rings. The van der Waals surface area contributed by atoms with Gasteiger partial charge in [0, 0.05) is 49.1 Å². The van der Waals surface area contributed by atoms with Crippen LogP contribution in [0.25, 0.3) is 0 Å². The van der Waals surface area contributed by atoms with E-state index in [1.807, 2.05) is 17.3 Å². The summed E-state index contributed by atoms with van der Waals surface area (Å²) < 4.78 is 2.24. The summed E-state index contributed by atoms with van der Waals surface area (Å²) >= 11 is 0. The van der Waals surface area contributed by atoms with Crippen LogP contribution in [0.1, 0.15) is 58.6 Å². The number of piperidine rings is 1. The molecule has 150 valence electrons. The van der Waals surface area contributed by atoms with Crippen LogP contribution >= 0.6 is 0 Å². The number of aromatic nitrogens is 2. The fraction of sp³-hybridized carbons (Fsp3) is 0.500. The summed E-state index contributed by atoms with van der Waals surface area (Å²) in [6.07, 6.45) is 7.02. The molecule has 1 fully saturated rings. The number of ketones is 1. The number of hydrogen-bond acceptors (Lipinski definition) is 4. The molecule has 0 spiro atoms. The van der Waals surface area contributed by atoms with E-state index in [-0.39, 0.29) is 17.6 Å². The van der Waals surface area contributed by atoms with Crippen LogP contribution in [0.5, 0.6) is 0 Å². The topological polar surface area (TPSA) is 58.4 Å². The summed E-state index contributed by atoms with van der Waals surface area (Å²) in [5.74, 6) is 1.40. The smallest absolute Gasteiger partial charge is 0.253 e. The first-order valence-electron chi connectivity index (χ1n) is 10.0. The lowest BCUT2D eigenvalue weighted by atomic mass is 9.96. The molecule has 3 rings (SSSR count). The molecule has 0 aliphatic carbocycles. The molecule has 0 N–H and O–H groups in total. The van der Waals surface area contributed by atoms with Crippen LogP contribution in [0.3, 0.4) is 0 Å².